The van der Waals surface area contributed by atoms with Crippen LogP contribution in [0.25, 0.3) is 0 Å². The van der Waals surface area contributed by atoms with Crippen LogP contribution in [-0.4, -0.2) is 46.1 Å². The van der Waals surface area contributed by atoms with Crippen molar-refractivity contribution in [2.45, 2.75) is 70.4 Å². The van der Waals surface area contributed by atoms with Crippen molar-refractivity contribution in [2.24, 2.45) is 0 Å². The molecule has 1 N–H and O–H groups in total. The summed E-state index contributed by atoms with van der Waals surface area (Å²) in [6, 6.07) is 0. The molecule has 0 bridgehead atoms. The van der Waals surface area contributed by atoms with E-state index in [2.05, 4.69) is 10.3 Å². The molecule has 7 heteroatoms. The Morgan fingerprint density at radius 3 is 2.52 bits per heavy atom. The van der Waals surface area contributed by atoms with Crippen molar-refractivity contribution in [1.29, 1.82) is 0 Å². The lowest BCUT2D eigenvalue weighted by atomic mass is 9.89. The minimum atomic E-state index is -0.490. The molecule has 3 rings (SSSR count). The molecule has 2 aliphatic rings. The SMILES string of the molecule is CC1(NC(=O)c2csc(C3CC3)n2)CCN(C(=O)OC(C)(C)C)CC1. The topological polar surface area (TPSA) is 71.5 Å². The van der Waals surface area contributed by atoms with Crippen molar-refractivity contribution < 1.29 is 14.3 Å². The van der Waals surface area contributed by atoms with Gasteiger partial charge in [0, 0.05) is 29.9 Å². The second-order valence-electron chi connectivity index (χ2n) is 8.33. The Bertz CT molecular complexity index is 653. The predicted molar refractivity (Wildman–Crippen MR) is 97.0 cm³/mol. The third-order valence-electron chi connectivity index (χ3n) is 4.62. The van der Waals surface area contributed by atoms with Crippen molar-refractivity contribution in [3.63, 3.8) is 0 Å². The fourth-order valence-corrected chi connectivity index (χ4v) is 3.85. The van der Waals surface area contributed by atoms with Gasteiger partial charge < -0.3 is 15.0 Å². The molecule has 2 heterocycles. The molecular weight excluding hydrogens is 338 g/mol. The van der Waals surface area contributed by atoms with E-state index in [1.165, 1.54) is 12.8 Å². The van der Waals surface area contributed by atoms with Crippen LogP contribution in [0.15, 0.2) is 5.38 Å². The number of ether oxygens (including phenoxy) is 1. The highest BCUT2D eigenvalue weighted by Gasteiger charge is 2.35. The molecule has 138 valence electrons. The molecule has 0 spiro atoms. The minimum Gasteiger partial charge on any atom is -0.444 e. The minimum absolute atomic E-state index is 0.114. The summed E-state index contributed by atoms with van der Waals surface area (Å²) >= 11 is 1.58. The summed E-state index contributed by atoms with van der Waals surface area (Å²) in [7, 11) is 0. The van der Waals surface area contributed by atoms with Gasteiger partial charge in [0.2, 0.25) is 0 Å². The van der Waals surface area contributed by atoms with Gasteiger partial charge in [0.25, 0.3) is 5.91 Å². The van der Waals surface area contributed by atoms with Gasteiger partial charge in [0.1, 0.15) is 11.3 Å². The van der Waals surface area contributed by atoms with Crippen LogP contribution >= 0.6 is 11.3 Å². The number of aromatic nitrogens is 1. The van der Waals surface area contributed by atoms with E-state index >= 15 is 0 Å². The molecule has 1 aliphatic carbocycles. The van der Waals surface area contributed by atoms with Crippen molar-refractivity contribution >= 4 is 23.3 Å². The standard InChI is InChI=1S/C18H27N3O3S/c1-17(2,3)24-16(23)21-9-7-18(4,8-10-21)20-14(22)13-11-25-15(19-13)12-5-6-12/h11-12H,5-10H2,1-4H3,(H,20,22). The first-order valence-corrected chi connectivity index (χ1v) is 9.79. The van der Waals surface area contributed by atoms with Gasteiger partial charge in [-0.2, -0.15) is 0 Å². The molecule has 1 aliphatic heterocycles. The Morgan fingerprint density at radius 1 is 1.32 bits per heavy atom. The van der Waals surface area contributed by atoms with E-state index in [-0.39, 0.29) is 17.5 Å². The molecule has 1 aromatic heterocycles. The summed E-state index contributed by atoms with van der Waals surface area (Å²) in [5, 5.41) is 6.05. The first-order chi connectivity index (χ1) is 11.7. The van der Waals surface area contributed by atoms with Gasteiger partial charge >= 0.3 is 6.09 Å². The maximum absolute atomic E-state index is 12.5. The molecule has 2 amide bonds. The third kappa shape index (κ3) is 4.71. The number of piperidine rings is 1. The van der Waals surface area contributed by atoms with E-state index in [4.69, 9.17) is 4.74 Å². The molecule has 1 saturated heterocycles. The molecule has 1 aromatic rings. The maximum Gasteiger partial charge on any atom is 0.410 e. The highest BCUT2D eigenvalue weighted by Crippen LogP contribution is 2.41. The molecule has 0 radical (unpaired) electrons. The number of carbonyl (C=O) groups is 2. The van der Waals surface area contributed by atoms with Gasteiger partial charge in [-0.3, -0.25) is 4.79 Å². The highest BCUT2D eigenvalue weighted by atomic mass is 32.1. The Balaban J connectivity index is 1.53. The number of nitrogens with one attached hydrogen (secondary N) is 1. The Kier molecular flexibility index (Phi) is 4.79. The third-order valence-corrected chi connectivity index (χ3v) is 5.62. The van der Waals surface area contributed by atoms with Crippen molar-refractivity contribution in [3.8, 4) is 0 Å². The summed E-state index contributed by atoms with van der Waals surface area (Å²) in [5.74, 6) is 0.454. The van der Waals surface area contributed by atoms with Gasteiger partial charge in [-0.15, -0.1) is 11.3 Å². The quantitative estimate of drug-likeness (QED) is 0.889. The fourth-order valence-electron chi connectivity index (χ4n) is 2.88. The average Bonchev–Trinajstić information content (AvgIpc) is 3.23. The molecule has 0 unspecified atom stereocenters. The second-order valence-corrected chi connectivity index (χ2v) is 9.22. The normalized spacial score (nSPS) is 20.2. The predicted octanol–water partition coefficient (Wildman–Crippen LogP) is 3.54. The van der Waals surface area contributed by atoms with E-state index in [0.29, 0.717) is 37.5 Å². The Labute approximate surface area is 153 Å². The highest BCUT2D eigenvalue weighted by molar-refractivity contribution is 7.10. The van der Waals surface area contributed by atoms with Crippen LogP contribution in [-0.2, 0) is 4.74 Å². The zero-order valence-electron chi connectivity index (χ0n) is 15.4. The Morgan fingerprint density at radius 2 is 1.96 bits per heavy atom. The fraction of sp³-hybridized carbons (Fsp3) is 0.722. The summed E-state index contributed by atoms with van der Waals surface area (Å²) in [6.45, 7) is 8.78. The second kappa shape index (κ2) is 6.59. The number of nitrogens with zero attached hydrogens (tertiary/aromatic N) is 2. The van der Waals surface area contributed by atoms with Crippen molar-refractivity contribution in [1.82, 2.24) is 15.2 Å². The van der Waals surface area contributed by atoms with Crippen LogP contribution in [0, 0.1) is 0 Å². The van der Waals surface area contributed by atoms with E-state index < -0.39 is 5.60 Å². The van der Waals surface area contributed by atoms with Gasteiger partial charge in [0.05, 0.1) is 5.01 Å². The monoisotopic (exact) mass is 365 g/mol. The van der Waals surface area contributed by atoms with Gasteiger partial charge in [-0.05, 0) is 53.4 Å². The number of likely N-dealkylation sites (tertiary alicyclic amines) is 1. The zero-order valence-corrected chi connectivity index (χ0v) is 16.2. The van der Waals surface area contributed by atoms with Crippen LogP contribution < -0.4 is 5.32 Å². The van der Waals surface area contributed by atoms with Crippen molar-refractivity contribution in [3.05, 3.63) is 16.1 Å². The van der Waals surface area contributed by atoms with Crippen LogP contribution in [0.1, 0.15) is 74.8 Å². The number of amides is 2. The lowest BCUT2D eigenvalue weighted by Crippen LogP contribution is -2.54. The summed E-state index contributed by atoms with van der Waals surface area (Å²) in [4.78, 5) is 30.8. The van der Waals surface area contributed by atoms with Gasteiger partial charge in [0.15, 0.2) is 0 Å². The first-order valence-electron chi connectivity index (χ1n) is 8.91. The number of rotatable bonds is 3. The molecule has 0 atom stereocenters. The lowest BCUT2D eigenvalue weighted by Gasteiger charge is -2.40. The number of hydrogen-bond donors (Lipinski definition) is 1. The summed E-state index contributed by atoms with van der Waals surface area (Å²) < 4.78 is 5.42. The van der Waals surface area contributed by atoms with Crippen LogP contribution in [0.4, 0.5) is 4.79 Å². The number of thiazole rings is 1. The van der Waals surface area contributed by atoms with E-state index in [9.17, 15) is 9.59 Å². The molecule has 1 saturated carbocycles. The summed E-state index contributed by atoms with van der Waals surface area (Å²) in [5.41, 5.74) is -0.294. The zero-order chi connectivity index (χ0) is 18.2. The molecule has 6 nitrogen and oxygen atoms in total. The van der Waals surface area contributed by atoms with Crippen LogP contribution in [0.3, 0.4) is 0 Å². The van der Waals surface area contributed by atoms with E-state index in [1.807, 2.05) is 33.1 Å². The first kappa shape index (κ1) is 18.2. The summed E-state index contributed by atoms with van der Waals surface area (Å²) in [6.07, 6.45) is 3.50. The smallest absolute Gasteiger partial charge is 0.410 e. The molecular formula is C18H27N3O3S. The molecule has 25 heavy (non-hydrogen) atoms. The number of hydrogen-bond acceptors (Lipinski definition) is 5. The van der Waals surface area contributed by atoms with Crippen molar-refractivity contribution in [2.75, 3.05) is 13.1 Å². The van der Waals surface area contributed by atoms with Gasteiger partial charge in [-0.1, -0.05) is 0 Å². The van der Waals surface area contributed by atoms with Gasteiger partial charge in [-0.25, -0.2) is 9.78 Å². The molecule has 2 fully saturated rings. The Hall–Kier alpha value is -1.63. The lowest BCUT2D eigenvalue weighted by molar-refractivity contribution is 0.0160. The largest absolute Gasteiger partial charge is 0.444 e. The van der Waals surface area contributed by atoms with E-state index in [1.54, 1.807) is 16.2 Å². The number of carbonyl (C=O) groups excluding carboxylic acids is 2. The average molecular weight is 365 g/mol. The molecule has 0 aromatic carbocycles. The van der Waals surface area contributed by atoms with E-state index in [0.717, 1.165) is 5.01 Å². The maximum atomic E-state index is 12.5. The van der Waals surface area contributed by atoms with Crippen LogP contribution in [0.2, 0.25) is 0 Å². The van der Waals surface area contributed by atoms with Crippen LogP contribution in [0.5, 0.6) is 0 Å².